The summed E-state index contributed by atoms with van der Waals surface area (Å²) in [6.07, 6.45) is 0.988. The Labute approximate surface area is 88.1 Å². The van der Waals surface area contributed by atoms with Gasteiger partial charge in [0.1, 0.15) is 0 Å². The molecule has 0 aromatic rings. The van der Waals surface area contributed by atoms with E-state index in [1.807, 2.05) is 0 Å². The van der Waals surface area contributed by atoms with E-state index in [9.17, 15) is 0 Å². The summed E-state index contributed by atoms with van der Waals surface area (Å²) in [6, 6.07) is 0.481. The lowest BCUT2D eigenvalue weighted by molar-refractivity contribution is 0.00368. The van der Waals surface area contributed by atoms with Gasteiger partial charge in [0.15, 0.2) is 0 Å². The molecule has 0 aromatic heterocycles. The van der Waals surface area contributed by atoms with Gasteiger partial charge in [0.25, 0.3) is 0 Å². The Kier molecular flexibility index (Phi) is 6.33. The van der Waals surface area contributed by atoms with Gasteiger partial charge in [0.05, 0.1) is 12.2 Å². The first-order valence-corrected chi connectivity index (χ1v) is 5.33. The maximum Gasteiger partial charge on any atom is 0.0634 e. The predicted molar refractivity (Wildman–Crippen MR) is 59.5 cm³/mol. The molecular formula is C11H25NO2. The van der Waals surface area contributed by atoms with Crippen LogP contribution < -0.4 is 0 Å². The van der Waals surface area contributed by atoms with Crippen molar-refractivity contribution in [2.75, 3.05) is 26.8 Å². The number of nitrogens with zero attached hydrogens (tertiary/aromatic N) is 1. The van der Waals surface area contributed by atoms with Gasteiger partial charge in [0.2, 0.25) is 0 Å². The highest BCUT2D eigenvalue weighted by Gasteiger charge is 2.18. The van der Waals surface area contributed by atoms with Crippen molar-refractivity contribution in [1.82, 2.24) is 4.90 Å². The van der Waals surface area contributed by atoms with Crippen LogP contribution in [0.1, 0.15) is 34.1 Å². The minimum Gasteiger partial charge on any atom is -0.395 e. The van der Waals surface area contributed by atoms with Crippen LogP contribution in [0.4, 0.5) is 0 Å². The highest BCUT2D eigenvalue weighted by Crippen LogP contribution is 2.14. The number of rotatable bonds is 7. The van der Waals surface area contributed by atoms with E-state index in [1.165, 1.54) is 0 Å². The Morgan fingerprint density at radius 3 is 2.21 bits per heavy atom. The zero-order chi connectivity index (χ0) is 11.2. The molecule has 3 nitrogen and oxygen atoms in total. The molecule has 0 aliphatic rings. The summed E-state index contributed by atoms with van der Waals surface area (Å²) in [5, 5.41) is 8.90. The number of aliphatic hydroxyl groups excluding tert-OH is 1. The largest absolute Gasteiger partial charge is 0.395 e. The fourth-order valence-corrected chi connectivity index (χ4v) is 1.27. The zero-order valence-electron chi connectivity index (χ0n) is 10.2. The van der Waals surface area contributed by atoms with E-state index >= 15 is 0 Å². The molecule has 0 aromatic carbocycles. The topological polar surface area (TPSA) is 32.7 Å². The van der Waals surface area contributed by atoms with Gasteiger partial charge in [-0.1, -0.05) is 0 Å². The second-order valence-corrected chi connectivity index (χ2v) is 4.57. The van der Waals surface area contributed by atoms with Crippen molar-refractivity contribution in [2.45, 2.75) is 45.8 Å². The number of methoxy groups -OCH3 is 1. The van der Waals surface area contributed by atoms with Gasteiger partial charge in [-0.3, -0.25) is 4.90 Å². The molecule has 0 aliphatic carbocycles. The van der Waals surface area contributed by atoms with Gasteiger partial charge in [-0.2, -0.15) is 0 Å². The number of aliphatic hydroxyl groups is 1. The molecule has 0 heterocycles. The Bertz CT molecular complexity index is 146. The fraction of sp³-hybridized carbons (Fsp3) is 1.00. The van der Waals surface area contributed by atoms with Gasteiger partial charge in [-0.25, -0.2) is 0 Å². The summed E-state index contributed by atoms with van der Waals surface area (Å²) >= 11 is 0. The molecule has 0 fully saturated rings. The summed E-state index contributed by atoms with van der Waals surface area (Å²) in [5.74, 6) is 0. The van der Waals surface area contributed by atoms with E-state index in [2.05, 4.69) is 32.6 Å². The second kappa shape index (κ2) is 6.38. The van der Waals surface area contributed by atoms with Gasteiger partial charge in [-0.15, -0.1) is 0 Å². The summed E-state index contributed by atoms with van der Waals surface area (Å²) in [5.41, 5.74) is -0.0669. The van der Waals surface area contributed by atoms with Crippen LogP contribution in [-0.4, -0.2) is 48.5 Å². The van der Waals surface area contributed by atoms with E-state index < -0.39 is 0 Å². The number of hydrogen-bond acceptors (Lipinski definition) is 3. The zero-order valence-corrected chi connectivity index (χ0v) is 10.2. The van der Waals surface area contributed by atoms with Crippen molar-refractivity contribution < 1.29 is 9.84 Å². The smallest absolute Gasteiger partial charge is 0.0634 e. The number of hydrogen-bond donors (Lipinski definition) is 1. The Balaban J connectivity index is 3.93. The van der Waals surface area contributed by atoms with E-state index in [1.54, 1.807) is 7.11 Å². The van der Waals surface area contributed by atoms with Crippen LogP contribution in [0.2, 0.25) is 0 Å². The standard InChI is InChI=1S/C11H25NO2/c1-10(2)12(8-9-13)7-6-11(3,4)14-5/h10,13H,6-9H2,1-5H3. The maximum absolute atomic E-state index is 8.90. The van der Waals surface area contributed by atoms with Crippen LogP contribution in [0, 0.1) is 0 Å². The quantitative estimate of drug-likeness (QED) is 0.680. The van der Waals surface area contributed by atoms with Crippen LogP contribution in [-0.2, 0) is 4.74 Å². The third-order valence-corrected chi connectivity index (χ3v) is 2.67. The van der Waals surface area contributed by atoms with E-state index in [0.717, 1.165) is 19.5 Å². The van der Waals surface area contributed by atoms with Crippen molar-refractivity contribution in [1.29, 1.82) is 0 Å². The van der Waals surface area contributed by atoms with Crippen molar-refractivity contribution in [2.24, 2.45) is 0 Å². The average Bonchev–Trinajstić information content (AvgIpc) is 2.12. The number of ether oxygens (including phenoxy) is 1. The Hall–Kier alpha value is -0.120. The lowest BCUT2D eigenvalue weighted by atomic mass is 10.0. The molecule has 0 amide bonds. The predicted octanol–water partition coefficient (Wildman–Crippen LogP) is 1.50. The monoisotopic (exact) mass is 203 g/mol. The van der Waals surface area contributed by atoms with Crippen molar-refractivity contribution >= 4 is 0 Å². The van der Waals surface area contributed by atoms with Crippen LogP contribution >= 0.6 is 0 Å². The summed E-state index contributed by atoms with van der Waals surface area (Å²) < 4.78 is 5.36. The fourth-order valence-electron chi connectivity index (χ4n) is 1.27. The summed E-state index contributed by atoms with van der Waals surface area (Å²) in [6.45, 7) is 10.4. The minimum absolute atomic E-state index is 0.0669. The molecule has 0 spiro atoms. The Morgan fingerprint density at radius 1 is 1.29 bits per heavy atom. The molecule has 0 rings (SSSR count). The molecule has 3 heteroatoms. The lowest BCUT2D eigenvalue weighted by Crippen LogP contribution is -2.38. The third-order valence-electron chi connectivity index (χ3n) is 2.67. The van der Waals surface area contributed by atoms with Crippen molar-refractivity contribution in [3.63, 3.8) is 0 Å². The second-order valence-electron chi connectivity index (χ2n) is 4.57. The molecule has 0 saturated heterocycles. The van der Waals surface area contributed by atoms with Crippen LogP contribution in [0.15, 0.2) is 0 Å². The first-order valence-electron chi connectivity index (χ1n) is 5.33. The average molecular weight is 203 g/mol. The third kappa shape index (κ3) is 5.58. The summed E-state index contributed by atoms with van der Waals surface area (Å²) in [4.78, 5) is 2.26. The normalized spacial score (nSPS) is 12.9. The van der Waals surface area contributed by atoms with Gasteiger partial charge in [0, 0.05) is 26.2 Å². The molecule has 0 radical (unpaired) electrons. The highest BCUT2D eigenvalue weighted by molar-refractivity contribution is 4.72. The molecule has 0 atom stereocenters. The molecule has 86 valence electrons. The van der Waals surface area contributed by atoms with Gasteiger partial charge >= 0.3 is 0 Å². The lowest BCUT2D eigenvalue weighted by Gasteiger charge is -2.30. The van der Waals surface area contributed by atoms with Gasteiger partial charge in [-0.05, 0) is 34.1 Å². The first-order chi connectivity index (χ1) is 6.43. The first kappa shape index (κ1) is 13.9. The van der Waals surface area contributed by atoms with E-state index in [0.29, 0.717) is 6.04 Å². The van der Waals surface area contributed by atoms with Gasteiger partial charge < -0.3 is 9.84 Å². The molecule has 0 aliphatic heterocycles. The molecular weight excluding hydrogens is 178 g/mol. The van der Waals surface area contributed by atoms with E-state index in [-0.39, 0.29) is 12.2 Å². The van der Waals surface area contributed by atoms with Crippen molar-refractivity contribution in [3.05, 3.63) is 0 Å². The SMILES string of the molecule is COC(C)(C)CCN(CCO)C(C)C. The molecule has 1 N–H and O–H groups in total. The van der Waals surface area contributed by atoms with E-state index in [4.69, 9.17) is 9.84 Å². The molecule has 0 unspecified atom stereocenters. The Morgan fingerprint density at radius 2 is 1.86 bits per heavy atom. The van der Waals surface area contributed by atoms with Crippen LogP contribution in [0.3, 0.4) is 0 Å². The minimum atomic E-state index is -0.0669. The van der Waals surface area contributed by atoms with Crippen LogP contribution in [0.5, 0.6) is 0 Å². The molecule has 0 saturated carbocycles. The highest BCUT2D eigenvalue weighted by atomic mass is 16.5. The van der Waals surface area contributed by atoms with Crippen molar-refractivity contribution in [3.8, 4) is 0 Å². The van der Waals surface area contributed by atoms with Crippen LogP contribution in [0.25, 0.3) is 0 Å². The maximum atomic E-state index is 8.90. The molecule has 14 heavy (non-hydrogen) atoms. The summed E-state index contributed by atoms with van der Waals surface area (Å²) in [7, 11) is 1.74. The molecule has 0 bridgehead atoms.